The molecule has 8 heteroatoms. The first-order chi connectivity index (χ1) is 4.36. The molecule has 0 spiro atoms. The molecule has 0 atom stereocenters. The summed E-state index contributed by atoms with van der Waals surface area (Å²) in [6.07, 6.45) is 0. The van der Waals surface area contributed by atoms with Gasteiger partial charge in [-0.05, 0) is 0 Å². The Morgan fingerprint density at radius 1 is 1.10 bits per heavy atom. The molecule has 0 fully saturated rings. The molecule has 0 radical (unpaired) electrons. The Hall–Kier alpha value is -0.370. The molecule has 0 saturated carbocycles. The van der Waals surface area contributed by atoms with Crippen molar-refractivity contribution in [1.82, 2.24) is 0 Å². The lowest BCUT2D eigenvalue weighted by Gasteiger charge is -2.00. The van der Waals surface area contributed by atoms with E-state index in [1.165, 1.54) is 0 Å². The summed E-state index contributed by atoms with van der Waals surface area (Å²) in [5, 5.41) is 0. The minimum atomic E-state index is -5.38. The summed E-state index contributed by atoms with van der Waals surface area (Å²) in [4.78, 5) is 0. The highest BCUT2D eigenvalue weighted by atomic mass is 32.2. The third-order valence-electron chi connectivity index (χ3n) is 0.425. The molecule has 0 aliphatic heterocycles. The quantitative estimate of drug-likeness (QED) is 0.478. The van der Waals surface area contributed by atoms with Gasteiger partial charge < -0.3 is 0 Å². The van der Waals surface area contributed by atoms with Crippen molar-refractivity contribution in [3.63, 3.8) is 0 Å². The predicted molar refractivity (Wildman–Crippen MR) is 22.0 cm³/mol. The molecule has 0 heterocycles. The zero-order chi connectivity index (χ0) is 8.36. The predicted octanol–water partition coefficient (Wildman–Crippen LogP) is 0.778. The molecule has 0 aliphatic rings. The van der Waals surface area contributed by atoms with Gasteiger partial charge in [0.05, 0.1) is 0 Å². The SMILES string of the molecule is O=S(=O)(OC(F)F)C(F)F. The number of halogens is 4. The number of hydrogen-bond donors (Lipinski definition) is 0. The minimum absolute atomic E-state index is 2.59. The summed E-state index contributed by atoms with van der Waals surface area (Å²) in [6.45, 7) is -3.74. The number of hydrogen-bond acceptors (Lipinski definition) is 3. The van der Waals surface area contributed by atoms with E-state index in [9.17, 15) is 26.0 Å². The first kappa shape index (κ1) is 9.63. The topological polar surface area (TPSA) is 43.4 Å². The minimum Gasteiger partial charge on any atom is -0.199 e. The van der Waals surface area contributed by atoms with Crippen LogP contribution in [0.1, 0.15) is 0 Å². The highest BCUT2D eigenvalue weighted by Gasteiger charge is 2.28. The van der Waals surface area contributed by atoms with E-state index in [-0.39, 0.29) is 0 Å². The molecule has 0 aromatic carbocycles. The molecule has 0 aliphatic carbocycles. The Morgan fingerprint density at radius 3 is 1.60 bits per heavy atom. The molecule has 62 valence electrons. The standard InChI is InChI=1S/C2H2F4O3S/c3-1(4)9-10(7,8)2(5)6/h1-2H. The fourth-order valence-corrected chi connectivity index (χ4v) is 0.430. The Kier molecular flexibility index (Phi) is 3.03. The fraction of sp³-hybridized carbons (Fsp3) is 1.00. The first-order valence-electron chi connectivity index (χ1n) is 1.84. The maximum absolute atomic E-state index is 11.1. The summed E-state index contributed by atoms with van der Waals surface area (Å²) in [5.41, 5.74) is 0. The van der Waals surface area contributed by atoms with Crippen molar-refractivity contribution >= 4 is 10.1 Å². The van der Waals surface area contributed by atoms with E-state index in [0.717, 1.165) is 0 Å². The summed E-state index contributed by atoms with van der Waals surface area (Å²) in [6, 6.07) is 0. The maximum atomic E-state index is 11.1. The van der Waals surface area contributed by atoms with Crippen LogP contribution in [0.25, 0.3) is 0 Å². The molecule has 3 nitrogen and oxygen atoms in total. The van der Waals surface area contributed by atoms with Crippen molar-refractivity contribution in [3.8, 4) is 0 Å². The third kappa shape index (κ3) is 2.97. The monoisotopic (exact) mass is 182 g/mol. The number of rotatable bonds is 3. The van der Waals surface area contributed by atoms with Gasteiger partial charge in [0.2, 0.25) is 0 Å². The Bertz CT molecular complexity index is 185. The van der Waals surface area contributed by atoms with E-state index in [0.29, 0.717) is 0 Å². The van der Waals surface area contributed by atoms with Crippen LogP contribution in [0.3, 0.4) is 0 Å². The largest absolute Gasteiger partial charge is 0.361 e. The van der Waals surface area contributed by atoms with E-state index in [1.807, 2.05) is 0 Å². The van der Waals surface area contributed by atoms with E-state index < -0.39 is 22.5 Å². The van der Waals surface area contributed by atoms with Crippen molar-refractivity contribution in [3.05, 3.63) is 0 Å². The molecule has 0 rings (SSSR count). The van der Waals surface area contributed by atoms with Gasteiger partial charge in [0.25, 0.3) is 0 Å². The summed E-state index contributed by atoms with van der Waals surface area (Å²) < 4.78 is 66.1. The molecule has 0 bridgehead atoms. The van der Waals surface area contributed by atoms with Crippen molar-refractivity contribution in [2.75, 3.05) is 0 Å². The third-order valence-corrected chi connectivity index (χ3v) is 1.28. The van der Waals surface area contributed by atoms with Crippen LogP contribution >= 0.6 is 0 Å². The highest BCUT2D eigenvalue weighted by molar-refractivity contribution is 7.87. The number of alkyl halides is 4. The average Bonchev–Trinajstić information content (AvgIpc) is 1.60. The van der Waals surface area contributed by atoms with Crippen molar-refractivity contribution < 1.29 is 30.2 Å². The average molecular weight is 182 g/mol. The van der Waals surface area contributed by atoms with E-state index in [1.54, 1.807) is 0 Å². The van der Waals surface area contributed by atoms with Crippen LogP contribution in [0.4, 0.5) is 17.6 Å². The second kappa shape index (κ2) is 3.15. The molecule has 0 saturated heterocycles. The van der Waals surface area contributed by atoms with Gasteiger partial charge in [-0.25, -0.2) is 0 Å². The molecule has 0 N–H and O–H groups in total. The molecule has 10 heavy (non-hydrogen) atoms. The van der Waals surface area contributed by atoms with Crippen molar-refractivity contribution in [1.29, 1.82) is 0 Å². The lowest BCUT2D eigenvalue weighted by atomic mass is 11.5. The van der Waals surface area contributed by atoms with Gasteiger partial charge in [-0.3, -0.25) is 0 Å². The van der Waals surface area contributed by atoms with Crippen LogP contribution < -0.4 is 0 Å². The molecule has 0 amide bonds. The highest BCUT2D eigenvalue weighted by Crippen LogP contribution is 2.10. The lowest BCUT2D eigenvalue weighted by molar-refractivity contribution is -0.0497. The molecule has 0 unspecified atom stereocenters. The second-order valence-corrected chi connectivity index (χ2v) is 2.64. The van der Waals surface area contributed by atoms with Crippen LogP contribution in [-0.2, 0) is 14.3 Å². The summed E-state index contributed by atoms with van der Waals surface area (Å²) >= 11 is 0. The van der Waals surface area contributed by atoms with Crippen LogP contribution in [0.15, 0.2) is 0 Å². The van der Waals surface area contributed by atoms with E-state index >= 15 is 0 Å². The summed E-state index contributed by atoms with van der Waals surface area (Å²) in [5.74, 6) is -3.93. The maximum Gasteiger partial charge on any atom is 0.361 e. The van der Waals surface area contributed by atoms with Gasteiger partial charge in [-0.2, -0.15) is 30.2 Å². The van der Waals surface area contributed by atoms with Crippen molar-refractivity contribution in [2.45, 2.75) is 12.4 Å². The Morgan fingerprint density at radius 2 is 1.50 bits per heavy atom. The fourth-order valence-electron chi connectivity index (χ4n) is 0.143. The summed E-state index contributed by atoms with van der Waals surface area (Å²) in [7, 11) is -5.38. The van der Waals surface area contributed by atoms with Gasteiger partial charge in [0.15, 0.2) is 0 Å². The van der Waals surface area contributed by atoms with E-state index in [4.69, 9.17) is 0 Å². The van der Waals surface area contributed by atoms with Crippen molar-refractivity contribution in [2.24, 2.45) is 0 Å². The van der Waals surface area contributed by atoms with Crippen LogP contribution in [0, 0.1) is 0 Å². The van der Waals surface area contributed by atoms with Gasteiger partial charge in [-0.15, -0.1) is 0 Å². The van der Waals surface area contributed by atoms with E-state index in [2.05, 4.69) is 4.18 Å². The Labute approximate surface area is 53.7 Å². The molecular formula is C2H2F4O3S. The van der Waals surface area contributed by atoms with Crippen LogP contribution in [0.5, 0.6) is 0 Å². The molecule has 0 aromatic rings. The van der Waals surface area contributed by atoms with Crippen LogP contribution in [0.2, 0.25) is 0 Å². The van der Waals surface area contributed by atoms with Gasteiger partial charge in [-0.1, -0.05) is 0 Å². The lowest BCUT2D eigenvalue weighted by Crippen LogP contribution is -2.17. The zero-order valence-electron chi connectivity index (χ0n) is 4.30. The Balaban J connectivity index is 4.16. The van der Waals surface area contributed by atoms with Gasteiger partial charge in [0, 0.05) is 0 Å². The molecule has 0 aromatic heterocycles. The van der Waals surface area contributed by atoms with Crippen LogP contribution in [-0.4, -0.2) is 20.8 Å². The zero-order valence-corrected chi connectivity index (χ0v) is 5.12. The second-order valence-electron chi connectivity index (χ2n) is 1.11. The smallest absolute Gasteiger partial charge is 0.199 e. The first-order valence-corrected chi connectivity index (χ1v) is 3.32. The van der Waals surface area contributed by atoms with Gasteiger partial charge >= 0.3 is 22.5 Å². The normalized spacial score (nSPS) is 13.0. The molecular weight excluding hydrogens is 180 g/mol. The van der Waals surface area contributed by atoms with Gasteiger partial charge in [0.1, 0.15) is 0 Å².